The van der Waals surface area contributed by atoms with Crippen LogP contribution >= 0.6 is 0 Å². The highest BCUT2D eigenvalue weighted by Gasteiger charge is 2.44. The van der Waals surface area contributed by atoms with Gasteiger partial charge in [0, 0.05) is 13.0 Å². The topological polar surface area (TPSA) is 49.8 Å². The van der Waals surface area contributed by atoms with Crippen molar-refractivity contribution in [1.82, 2.24) is 5.06 Å². The summed E-state index contributed by atoms with van der Waals surface area (Å²) >= 11 is 0. The number of carbonyl (C=O) groups is 1. The zero-order chi connectivity index (χ0) is 14.5. The molecule has 0 saturated carbocycles. The lowest BCUT2D eigenvalue weighted by Crippen LogP contribution is -2.58. The molecule has 0 aromatic rings. The fraction of sp³-hybridized carbons (Fsp3) is 0.933. The number of piperidine rings is 1. The third kappa shape index (κ3) is 4.77. The van der Waals surface area contributed by atoms with E-state index < -0.39 is 0 Å². The van der Waals surface area contributed by atoms with Crippen LogP contribution in [0.1, 0.15) is 72.6 Å². The number of nitrogens with zero attached hydrogens (tertiary/aromatic N) is 1. The van der Waals surface area contributed by atoms with E-state index in [1.54, 1.807) is 0 Å². The normalized spacial score (nSPS) is 22.2. The number of hydrogen-bond acceptors (Lipinski definition) is 4. The number of hydrogen-bond donors (Lipinski definition) is 1. The first kappa shape index (κ1) is 16.4. The van der Waals surface area contributed by atoms with Gasteiger partial charge in [-0.2, -0.15) is 0 Å². The molecule has 19 heavy (non-hydrogen) atoms. The van der Waals surface area contributed by atoms with Crippen molar-refractivity contribution in [3.63, 3.8) is 0 Å². The molecule has 0 aromatic carbocycles. The average Bonchev–Trinajstić information content (AvgIpc) is 2.29. The summed E-state index contributed by atoms with van der Waals surface area (Å²) in [5.74, 6) is -0.152. The van der Waals surface area contributed by atoms with Gasteiger partial charge in [0.05, 0.1) is 11.1 Å². The van der Waals surface area contributed by atoms with Crippen LogP contribution in [0.4, 0.5) is 0 Å². The number of aliphatic hydroxyl groups excluding tert-OH is 1. The molecule has 0 unspecified atom stereocenters. The Morgan fingerprint density at radius 3 is 2.21 bits per heavy atom. The lowest BCUT2D eigenvalue weighted by Gasteiger charge is -2.50. The maximum absolute atomic E-state index is 11.9. The predicted octanol–water partition coefficient (Wildman–Crippen LogP) is 3.04. The predicted molar refractivity (Wildman–Crippen MR) is 75.5 cm³/mol. The van der Waals surface area contributed by atoms with Gasteiger partial charge < -0.3 is 9.94 Å². The highest BCUT2D eigenvalue weighted by atomic mass is 16.7. The monoisotopic (exact) mass is 271 g/mol. The van der Waals surface area contributed by atoms with Gasteiger partial charge in [0.25, 0.3) is 0 Å². The SMILES string of the molecule is CC1(C)CCCC(C)(C)N1OC(=O)CCCCCO. The maximum atomic E-state index is 11.9. The van der Waals surface area contributed by atoms with Crippen molar-refractivity contribution in [1.29, 1.82) is 0 Å². The largest absolute Gasteiger partial charge is 0.396 e. The summed E-state index contributed by atoms with van der Waals surface area (Å²) in [6.07, 6.45) is 6.12. The Labute approximate surface area is 117 Å². The van der Waals surface area contributed by atoms with E-state index in [4.69, 9.17) is 9.94 Å². The summed E-state index contributed by atoms with van der Waals surface area (Å²) in [4.78, 5) is 17.6. The van der Waals surface area contributed by atoms with Crippen molar-refractivity contribution < 1.29 is 14.7 Å². The quantitative estimate of drug-likeness (QED) is 0.754. The van der Waals surface area contributed by atoms with E-state index >= 15 is 0 Å². The van der Waals surface area contributed by atoms with E-state index in [1.807, 2.05) is 5.06 Å². The van der Waals surface area contributed by atoms with Crippen molar-refractivity contribution in [3.05, 3.63) is 0 Å². The van der Waals surface area contributed by atoms with E-state index in [0.717, 1.165) is 32.1 Å². The van der Waals surface area contributed by atoms with Crippen LogP contribution in [0.15, 0.2) is 0 Å². The van der Waals surface area contributed by atoms with Gasteiger partial charge in [0.2, 0.25) is 0 Å². The highest BCUT2D eigenvalue weighted by molar-refractivity contribution is 5.69. The number of unbranched alkanes of at least 4 members (excludes halogenated alkanes) is 2. The van der Waals surface area contributed by atoms with E-state index in [2.05, 4.69) is 27.7 Å². The van der Waals surface area contributed by atoms with Gasteiger partial charge in [-0.3, -0.25) is 4.79 Å². The van der Waals surface area contributed by atoms with Crippen molar-refractivity contribution in [3.8, 4) is 0 Å². The Morgan fingerprint density at radius 2 is 1.68 bits per heavy atom. The summed E-state index contributed by atoms with van der Waals surface area (Å²) in [5, 5.41) is 10.6. The summed E-state index contributed by atoms with van der Waals surface area (Å²) in [5.41, 5.74) is -0.189. The Hall–Kier alpha value is -0.610. The number of hydroxylamine groups is 2. The minimum atomic E-state index is -0.152. The average molecular weight is 271 g/mol. The molecule has 0 aliphatic carbocycles. The fourth-order valence-electron chi connectivity index (χ4n) is 2.93. The third-order valence-electron chi connectivity index (χ3n) is 3.91. The first-order valence-electron chi connectivity index (χ1n) is 7.41. The number of rotatable bonds is 6. The summed E-state index contributed by atoms with van der Waals surface area (Å²) < 4.78 is 0. The molecule has 0 aromatic heterocycles. The zero-order valence-corrected chi connectivity index (χ0v) is 12.9. The second kappa shape index (κ2) is 6.71. The van der Waals surface area contributed by atoms with Gasteiger partial charge in [-0.05, 0) is 59.8 Å². The van der Waals surface area contributed by atoms with Crippen LogP contribution in [0.2, 0.25) is 0 Å². The Morgan fingerprint density at radius 1 is 1.11 bits per heavy atom. The number of aliphatic hydroxyl groups is 1. The molecular weight excluding hydrogens is 242 g/mol. The van der Waals surface area contributed by atoms with E-state index in [9.17, 15) is 4.79 Å². The van der Waals surface area contributed by atoms with Crippen LogP contribution in [-0.4, -0.2) is 33.8 Å². The molecule has 1 rings (SSSR count). The smallest absolute Gasteiger partial charge is 0.325 e. The van der Waals surface area contributed by atoms with Gasteiger partial charge >= 0.3 is 5.97 Å². The third-order valence-corrected chi connectivity index (χ3v) is 3.91. The van der Waals surface area contributed by atoms with E-state index in [0.29, 0.717) is 6.42 Å². The molecule has 1 saturated heterocycles. The van der Waals surface area contributed by atoms with Crippen LogP contribution < -0.4 is 0 Å². The second-order valence-corrected chi connectivity index (χ2v) is 6.77. The first-order chi connectivity index (χ1) is 8.79. The molecular formula is C15H29NO3. The van der Waals surface area contributed by atoms with Crippen molar-refractivity contribution >= 4 is 5.97 Å². The van der Waals surface area contributed by atoms with Crippen molar-refractivity contribution in [2.45, 2.75) is 83.7 Å². The summed E-state index contributed by atoms with van der Waals surface area (Å²) in [6.45, 7) is 8.72. The van der Waals surface area contributed by atoms with Crippen LogP contribution in [0, 0.1) is 0 Å². The molecule has 1 N–H and O–H groups in total. The van der Waals surface area contributed by atoms with E-state index in [-0.39, 0.29) is 23.7 Å². The second-order valence-electron chi connectivity index (χ2n) is 6.77. The lowest BCUT2D eigenvalue weighted by atomic mass is 9.82. The lowest BCUT2D eigenvalue weighted by molar-refractivity contribution is -0.265. The molecule has 0 radical (unpaired) electrons. The van der Waals surface area contributed by atoms with Gasteiger partial charge in [0.15, 0.2) is 0 Å². The maximum Gasteiger partial charge on any atom is 0.325 e. The molecule has 1 fully saturated rings. The van der Waals surface area contributed by atoms with E-state index in [1.165, 1.54) is 6.42 Å². The molecule has 4 nitrogen and oxygen atoms in total. The standard InChI is InChI=1S/C15H29NO3/c1-14(2)10-8-11-15(3,4)16(14)19-13(18)9-6-5-7-12-17/h17H,5-12H2,1-4H3. The molecule has 112 valence electrons. The van der Waals surface area contributed by atoms with Crippen LogP contribution in [0.5, 0.6) is 0 Å². The minimum absolute atomic E-state index is 0.0947. The molecule has 0 bridgehead atoms. The molecule has 1 heterocycles. The highest BCUT2D eigenvalue weighted by Crippen LogP contribution is 2.38. The molecule has 0 atom stereocenters. The Kier molecular flexibility index (Phi) is 5.81. The van der Waals surface area contributed by atoms with Crippen molar-refractivity contribution in [2.75, 3.05) is 6.61 Å². The summed E-state index contributed by atoms with van der Waals surface area (Å²) in [6, 6.07) is 0. The van der Waals surface area contributed by atoms with Gasteiger partial charge in [-0.1, -0.05) is 6.42 Å². The van der Waals surface area contributed by atoms with Crippen LogP contribution in [0.25, 0.3) is 0 Å². The van der Waals surface area contributed by atoms with Crippen molar-refractivity contribution in [2.24, 2.45) is 0 Å². The fourth-order valence-corrected chi connectivity index (χ4v) is 2.93. The van der Waals surface area contributed by atoms with Gasteiger partial charge in [-0.15, -0.1) is 5.06 Å². The van der Waals surface area contributed by atoms with Crippen LogP contribution in [-0.2, 0) is 9.63 Å². The summed E-state index contributed by atoms with van der Waals surface area (Å²) in [7, 11) is 0. The number of carbonyl (C=O) groups excluding carboxylic acids is 1. The Balaban J connectivity index is 2.50. The van der Waals surface area contributed by atoms with Crippen LogP contribution in [0.3, 0.4) is 0 Å². The minimum Gasteiger partial charge on any atom is -0.396 e. The molecule has 0 amide bonds. The molecule has 4 heteroatoms. The van der Waals surface area contributed by atoms with Gasteiger partial charge in [-0.25, -0.2) is 0 Å². The zero-order valence-electron chi connectivity index (χ0n) is 12.9. The molecule has 1 aliphatic rings. The first-order valence-corrected chi connectivity index (χ1v) is 7.41. The molecule has 0 spiro atoms. The molecule has 1 aliphatic heterocycles. The Bertz CT molecular complexity index is 284. The van der Waals surface area contributed by atoms with Gasteiger partial charge in [0.1, 0.15) is 0 Å².